The first-order chi connectivity index (χ1) is 13.9. The van der Waals surface area contributed by atoms with E-state index in [-0.39, 0.29) is 18.6 Å². The smallest absolute Gasteiger partial charge is 0.411 e. The first-order valence-electron chi connectivity index (χ1n) is 9.71. The monoisotopic (exact) mass is 410 g/mol. The van der Waals surface area contributed by atoms with Gasteiger partial charge in [-0.05, 0) is 55.8 Å². The second-order valence-corrected chi connectivity index (χ2v) is 7.14. The molecule has 2 heterocycles. The molecular formula is C21H25F3N2O3. The molecule has 3 rings (SSSR count). The number of nitrogens with zero attached hydrogens (tertiary/aromatic N) is 1. The molecule has 1 aromatic carbocycles. The van der Waals surface area contributed by atoms with Crippen molar-refractivity contribution in [1.82, 2.24) is 10.2 Å². The van der Waals surface area contributed by atoms with Crippen LogP contribution in [0.1, 0.15) is 47.0 Å². The van der Waals surface area contributed by atoms with Gasteiger partial charge in [-0.15, -0.1) is 0 Å². The second kappa shape index (κ2) is 9.93. The van der Waals surface area contributed by atoms with Crippen molar-refractivity contribution in [3.8, 4) is 0 Å². The van der Waals surface area contributed by atoms with Crippen molar-refractivity contribution in [2.75, 3.05) is 26.2 Å². The summed E-state index contributed by atoms with van der Waals surface area (Å²) < 4.78 is 46.6. The Morgan fingerprint density at radius 1 is 1.14 bits per heavy atom. The van der Waals surface area contributed by atoms with Crippen molar-refractivity contribution in [3.05, 3.63) is 59.5 Å². The van der Waals surface area contributed by atoms with Crippen molar-refractivity contribution < 1.29 is 27.1 Å². The number of carbonyl (C=O) groups excluding carboxylic acids is 1. The highest BCUT2D eigenvalue weighted by Crippen LogP contribution is 2.24. The number of likely N-dealkylation sites (tertiary alicyclic amines) is 1. The molecular weight excluding hydrogens is 385 g/mol. The predicted octanol–water partition coefficient (Wildman–Crippen LogP) is 4.32. The molecule has 29 heavy (non-hydrogen) atoms. The van der Waals surface area contributed by atoms with Crippen LogP contribution in [-0.2, 0) is 11.3 Å². The lowest BCUT2D eigenvalue weighted by molar-refractivity contribution is -0.176. The Labute approximate surface area is 167 Å². The van der Waals surface area contributed by atoms with Gasteiger partial charge < -0.3 is 14.5 Å². The molecule has 8 heteroatoms. The average Bonchev–Trinajstić information content (AvgIpc) is 3.23. The molecule has 0 radical (unpaired) electrons. The quantitative estimate of drug-likeness (QED) is 0.705. The zero-order valence-electron chi connectivity index (χ0n) is 16.1. The maximum Gasteiger partial charge on any atom is 0.411 e. The molecule has 1 unspecified atom stereocenters. The van der Waals surface area contributed by atoms with Gasteiger partial charge in [-0.3, -0.25) is 9.69 Å². The molecule has 1 saturated heterocycles. The molecule has 1 aromatic heterocycles. The number of hydrogen-bond donors (Lipinski definition) is 1. The second-order valence-electron chi connectivity index (χ2n) is 7.14. The summed E-state index contributed by atoms with van der Waals surface area (Å²) in [7, 11) is 0. The summed E-state index contributed by atoms with van der Waals surface area (Å²) in [5.74, 6) is 0.589. The minimum absolute atomic E-state index is 0.0238. The van der Waals surface area contributed by atoms with Crippen molar-refractivity contribution >= 4 is 5.91 Å². The van der Waals surface area contributed by atoms with Gasteiger partial charge in [0.2, 0.25) is 0 Å². The average molecular weight is 410 g/mol. The van der Waals surface area contributed by atoms with Crippen LogP contribution in [0.2, 0.25) is 0 Å². The Bertz CT molecular complexity index is 754. The molecule has 1 fully saturated rings. The molecule has 1 aliphatic heterocycles. The van der Waals surface area contributed by atoms with E-state index in [9.17, 15) is 18.0 Å². The van der Waals surface area contributed by atoms with Crippen LogP contribution < -0.4 is 5.32 Å². The highest BCUT2D eigenvalue weighted by molar-refractivity contribution is 5.94. The Morgan fingerprint density at radius 3 is 2.48 bits per heavy atom. The Morgan fingerprint density at radius 2 is 1.86 bits per heavy atom. The molecule has 1 aliphatic rings. The highest BCUT2D eigenvalue weighted by atomic mass is 19.4. The summed E-state index contributed by atoms with van der Waals surface area (Å²) in [6, 6.07) is 10.1. The molecule has 1 atom stereocenters. The number of piperidine rings is 1. The van der Waals surface area contributed by atoms with Gasteiger partial charge in [0, 0.05) is 12.1 Å². The van der Waals surface area contributed by atoms with E-state index in [1.807, 2.05) is 12.1 Å². The molecule has 0 bridgehead atoms. The number of rotatable bonds is 8. The molecule has 158 valence electrons. The molecule has 0 saturated carbocycles. The van der Waals surface area contributed by atoms with Crippen LogP contribution in [0.25, 0.3) is 0 Å². The molecule has 1 amide bonds. The minimum Gasteiger partial charge on any atom is -0.468 e. The molecule has 1 N–H and O–H groups in total. The van der Waals surface area contributed by atoms with E-state index in [1.165, 1.54) is 6.42 Å². The zero-order chi connectivity index (χ0) is 20.7. The fourth-order valence-electron chi connectivity index (χ4n) is 3.45. The summed E-state index contributed by atoms with van der Waals surface area (Å²) in [5.41, 5.74) is 1.02. The maximum atomic E-state index is 12.5. The summed E-state index contributed by atoms with van der Waals surface area (Å²) in [6.45, 7) is 0.904. The van der Waals surface area contributed by atoms with Crippen LogP contribution in [0.15, 0.2) is 47.1 Å². The number of ether oxygens (including phenoxy) is 1. The van der Waals surface area contributed by atoms with E-state index in [2.05, 4.69) is 15.0 Å². The Balaban J connectivity index is 1.54. The molecule has 0 aliphatic carbocycles. The summed E-state index contributed by atoms with van der Waals surface area (Å²) in [4.78, 5) is 14.8. The van der Waals surface area contributed by atoms with Crippen molar-refractivity contribution in [2.24, 2.45) is 0 Å². The number of carbonyl (C=O) groups is 1. The third-order valence-electron chi connectivity index (χ3n) is 4.91. The lowest BCUT2D eigenvalue weighted by Crippen LogP contribution is -2.40. The van der Waals surface area contributed by atoms with Crippen LogP contribution in [0.3, 0.4) is 0 Å². The van der Waals surface area contributed by atoms with Crippen LogP contribution >= 0.6 is 0 Å². The molecule has 0 spiro atoms. The number of alkyl halides is 3. The van der Waals surface area contributed by atoms with Gasteiger partial charge in [0.05, 0.1) is 18.9 Å². The van der Waals surface area contributed by atoms with E-state index in [0.29, 0.717) is 17.7 Å². The maximum absolute atomic E-state index is 12.5. The lowest BCUT2D eigenvalue weighted by Gasteiger charge is -2.33. The number of hydrogen-bond acceptors (Lipinski definition) is 4. The summed E-state index contributed by atoms with van der Waals surface area (Å²) in [5, 5.41) is 2.95. The summed E-state index contributed by atoms with van der Waals surface area (Å²) >= 11 is 0. The Kier molecular flexibility index (Phi) is 7.33. The van der Waals surface area contributed by atoms with Crippen molar-refractivity contribution in [2.45, 2.75) is 38.1 Å². The first-order valence-corrected chi connectivity index (χ1v) is 9.71. The lowest BCUT2D eigenvalue weighted by atomic mass is 10.1. The minimum atomic E-state index is -4.35. The first kappa shape index (κ1) is 21.4. The van der Waals surface area contributed by atoms with Gasteiger partial charge in [-0.25, -0.2) is 0 Å². The van der Waals surface area contributed by atoms with E-state index in [1.54, 1.807) is 30.5 Å². The number of nitrogens with one attached hydrogen (secondary N) is 1. The van der Waals surface area contributed by atoms with Crippen molar-refractivity contribution in [1.29, 1.82) is 0 Å². The van der Waals surface area contributed by atoms with E-state index >= 15 is 0 Å². The van der Waals surface area contributed by atoms with Gasteiger partial charge in [0.25, 0.3) is 5.91 Å². The zero-order valence-corrected chi connectivity index (χ0v) is 16.1. The number of amides is 1. The SMILES string of the molecule is O=C(NCC(c1ccco1)N1CCCCC1)c1ccc(COCC(F)(F)F)cc1. The standard InChI is InChI=1S/C21H25F3N2O3/c22-21(23,24)15-28-14-16-6-8-17(9-7-16)20(27)25-13-18(19-5-4-12-29-19)26-10-2-1-3-11-26/h4-9,12,18H,1-3,10-11,13-15H2,(H,25,27). The molecule has 5 nitrogen and oxygen atoms in total. The van der Waals surface area contributed by atoms with Gasteiger partial charge in [-0.1, -0.05) is 18.6 Å². The number of halogens is 3. The normalized spacial score (nSPS) is 16.5. The van der Waals surface area contributed by atoms with Gasteiger partial charge in [0.15, 0.2) is 0 Å². The highest BCUT2D eigenvalue weighted by Gasteiger charge is 2.27. The van der Waals surface area contributed by atoms with Gasteiger partial charge >= 0.3 is 6.18 Å². The van der Waals surface area contributed by atoms with Gasteiger partial charge in [-0.2, -0.15) is 13.2 Å². The number of furan rings is 1. The van der Waals surface area contributed by atoms with Crippen LogP contribution in [0.4, 0.5) is 13.2 Å². The fraction of sp³-hybridized carbons (Fsp3) is 0.476. The van der Waals surface area contributed by atoms with Crippen LogP contribution in [0.5, 0.6) is 0 Å². The van der Waals surface area contributed by atoms with Crippen molar-refractivity contribution in [3.63, 3.8) is 0 Å². The number of benzene rings is 1. The third-order valence-corrected chi connectivity index (χ3v) is 4.91. The van der Waals surface area contributed by atoms with Gasteiger partial charge in [0.1, 0.15) is 12.4 Å². The van der Waals surface area contributed by atoms with E-state index in [0.717, 1.165) is 31.7 Å². The predicted molar refractivity (Wildman–Crippen MR) is 101 cm³/mol. The van der Waals surface area contributed by atoms with Crippen LogP contribution in [-0.4, -0.2) is 43.2 Å². The molecule has 2 aromatic rings. The largest absolute Gasteiger partial charge is 0.468 e. The topological polar surface area (TPSA) is 54.7 Å². The van der Waals surface area contributed by atoms with E-state index < -0.39 is 12.8 Å². The van der Waals surface area contributed by atoms with Crippen LogP contribution in [0, 0.1) is 0 Å². The summed E-state index contributed by atoms with van der Waals surface area (Å²) in [6.07, 6.45) is 0.755. The third kappa shape index (κ3) is 6.61. The fourth-order valence-corrected chi connectivity index (χ4v) is 3.45. The Hall–Kier alpha value is -2.32. The van der Waals surface area contributed by atoms with E-state index in [4.69, 9.17) is 4.42 Å².